The van der Waals surface area contributed by atoms with Gasteiger partial charge >= 0.3 is 6.18 Å². The third-order valence-electron chi connectivity index (χ3n) is 3.63. The summed E-state index contributed by atoms with van der Waals surface area (Å²) in [5.41, 5.74) is 0.00487. The molecule has 0 fully saturated rings. The van der Waals surface area contributed by atoms with E-state index in [4.69, 9.17) is 9.15 Å². The van der Waals surface area contributed by atoms with Gasteiger partial charge in [0.25, 0.3) is 0 Å². The van der Waals surface area contributed by atoms with Crippen molar-refractivity contribution < 1.29 is 27.1 Å². The van der Waals surface area contributed by atoms with Crippen LogP contribution in [-0.4, -0.2) is 21.3 Å². The molecule has 28 heavy (non-hydrogen) atoms. The molecule has 0 N–H and O–H groups in total. The molecule has 0 saturated heterocycles. The highest BCUT2D eigenvalue weighted by atomic mass is 19.4. The summed E-state index contributed by atoms with van der Waals surface area (Å²) < 4.78 is 52.6. The summed E-state index contributed by atoms with van der Waals surface area (Å²) >= 11 is 0. The Morgan fingerprint density at radius 2 is 1.57 bits per heavy atom. The van der Waals surface area contributed by atoms with E-state index >= 15 is 0 Å². The predicted octanol–water partition coefficient (Wildman–Crippen LogP) is 5.25. The van der Waals surface area contributed by atoms with Crippen molar-refractivity contribution in [1.82, 2.24) is 0 Å². The molecule has 0 aliphatic rings. The number of halogens is 3. The van der Waals surface area contributed by atoms with Gasteiger partial charge in [0.2, 0.25) is 0 Å². The van der Waals surface area contributed by atoms with Gasteiger partial charge in [0, 0.05) is 26.4 Å². The molecule has 0 unspecified atom stereocenters. The Kier molecular flexibility index (Phi) is 7.00. The van der Waals surface area contributed by atoms with E-state index in [1.54, 1.807) is 38.5 Å². The first kappa shape index (κ1) is 21.2. The van der Waals surface area contributed by atoms with Gasteiger partial charge in [-0.3, -0.25) is 4.79 Å². The molecule has 7 heteroatoms. The van der Waals surface area contributed by atoms with Crippen LogP contribution in [0.4, 0.5) is 13.2 Å². The Morgan fingerprint density at radius 1 is 0.929 bits per heavy atom. The first-order chi connectivity index (χ1) is 13.3. The highest BCUT2D eigenvalue weighted by Gasteiger charge is 2.29. The van der Waals surface area contributed by atoms with E-state index in [1.807, 2.05) is 0 Å². The summed E-state index contributed by atoms with van der Waals surface area (Å²) in [6, 6.07) is 10.9. The summed E-state index contributed by atoms with van der Waals surface area (Å²) in [5, 5.41) is 0.424. The quantitative estimate of drug-likeness (QED) is 0.611. The van der Waals surface area contributed by atoms with Gasteiger partial charge in [0.15, 0.2) is 5.43 Å². The van der Waals surface area contributed by atoms with Gasteiger partial charge in [-0.15, -0.1) is 0 Å². The number of alkyl halides is 3. The van der Waals surface area contributed by atoms with Crippen molar-refractivity contribution in [3.63, 3.8) is 0 Å². The molecule has 0 spiro atoms. The van der Waals surface area contributed by atoms with Crippen molar-refractivity contribution in [2.75, 3.05) is 21.3 Å². The third-order valence-corrected chi connectivity index (χ3v) is 3.63. The minimum Gasteiger partial charge on any atom is -0.497 e. The minimum absolute atomic E-state index is 0.212. The zero-order chi connectivity index (χ0) is 20.7. The smallest absolute Gasteiger partial charge is 0.416 e. The van der Waals surface area contributed by atoms with Gasteiger partial charge in [-0.1, -0.05) is 18.2 Å². The van der Waals surface area contributed by atoms with Crippen molar-refractivity contribution >= 4 is 23.1 Å². The second kappa shape index (κ2) is 9.23. The van der Waals surface area contributed by atoms with Crippen LogP contribution in [0.1, 0.15) is 16.9 Å². The fourth-order valence-corrected chi connectivity index (χ4v) is 2.32. The average molecular weight is 392 g/mol. The summed E-state index contributed by atoms with van der Waals surface area (Å²) in [7, 11) is 4.76. The second-order valence-electron chi connectivity index (χ2n) is 5.74. The number of ether oxygens (including phenoxy) is 2. The van der Waals surface area contributed by atoms with Crippen LogP contribution in [0.25, 0.3) is 23.1 Å². The van der Waals surface area contributed by atoms with Crippen molar-refractivity contribution in [2.24, 2.45) is 0 Å². The maximum atomic E-state index is 12.5. The Labute approximate surface area is 159 Å². The Morgan fingerprint density at radius 3 is 2.14 bits per heavy atom. The first-order valence-electron chi connectivity index (χ1n) is 8.16. The summed E-state index contributed by atoms with van der Waals surface area (Å²) in [5.74, 6) is 0.852. The molecule has 0 amide bonds. The van der Waals surface area contributed by atoms with Crippen LogP contribution in [0.2, 0.25) is 0 Å². The molecule has 0 aliphatic heterocycles. The summed E-state index contributed by atoms with van der Waals surface area (Å²) in [6.07, 6.45) is -1.26. The third kappa shape index (κ3) is 5.47. The number of hydrogen-bond acceptors (Lipinski definition) is 4. The lowest BCUT2D eigenvalue weighted by molar-refractivity contribution is -0.137. The van der Waals surface area contributed by atoms with Crippen molar-refractivity contribution in [3.8, 4) is 5.75 Å². The van der Waals surface area contributed by atoms with E-state index in [9.17, 15) is 18.0 Å². The maximum absolute atomic E-state index is 12.5. The fourth-order valence-electron chi connectivity index (χ4n) is 2.32. The maximum Gasteiger partial charge on any atom is 0.416 e. The zero-order valence-electron chi connectivity index (χ0n) is 15.5. The summed E-state index contributed by atoms with van der Waals surface area (Å²) in [6.45, 7) is 0. The molecular formula is C21H19F3O4. The average Bonchev–Trinajstić information content (AvgIpc) is 2.66. The van der Waals surface area contributed by atoms with Gasteiger partial charge in [-0.2, -0.15) is 13.2 Å². The zero-order valence-corrected chi connectivity index (χ0v) is 15.5. The number of hydrogen-bond donors (Lipinski definition) is 0. The molecule has 0 radical (unpaired) electrons. The predicted molar refractivity (Wildman–Crippen MR) is 102 cm³/mol. The molecule has 1 aromatic heterocycles. The Balaban J connectivity index is 0.000000878. The van der Waals surface area contributed by atoms with Gasteiger partial charge in [-0.05, 0) is 35.9 Å². The minimum atomic E-state index is -4.37. The van der Waals surface area contributed by atoms with Crippen LogP contribution in [0.5, 0.6) is 5.75 Å². The van der Waals surface area contributed by atoms with Crippen molar-refractivity contribution in [3.05, 3.63) is 75.6 Å². The Bertz CT molecular complexity index is 1000. The summed E-state index contributed by atoms with van der Waals surface area (Å²) in [4.78, 5) is 12.1. The van der Waals surface area contributed by atoms with Crippen LogP contribution in [-0.2, 0) is 10.9 Å². The molecule has 148 valence electrons. The molecule has 0 atom stereocenters. The Hall–Kier alpha value is -3.06. The largest absolute Gasteiger partial charge is 0.497 e. The molecular weight excluding hydrogens is 373 g/mol. The van der Waals surface area contributed by atoms with Gasteiger partial charge in [0.1, 0.15) is 17.1 Å². The van der Waals surface area contributed by atoms with Gasteiger partial charge in [0.05, 0.1) is 18.1 Å². The van der Waals surface area contributed by atoms with E-state index < -0.39 is 11.7 Å². The molecule has 3 rings (SSSR count). The highest BCUT2D eigenvalue weighted by Crippen LogP contribution is 2.29. The molecule has 1 heterocycles. The molecule has 0 bridgehead atoms. The SMILES string of the molecule is COC.COc1ccc2c(=O)cc(/C=C/c3ccc(C(F)(F)F)cc3)oc2c1. The highest BCUT2D eigenvalue weighted by molar-refractivity contribution is 5.79. The lowest BCUT2D eigenvalue weighted by atomic mass is 10.1. The standard InChI is InChI=1S/C19H13F3O3.C2H6O/c1-24-14-8-9-16-17(23)10-15(25-18(16)11-14)7-4-12-2-5-13(6-3-12)19(20,21)22;1-3-2/h2-11H,1H3;1-2H3/b7-4+;. The van der Waals surface area contributed by atoms with Crippen LogP contribution in [0.15, 0.2) is 57.7 Å². The van der Waals surface area contributed by atoms with E-state index in [1.165, 1.54) is 31.4 Å². The molecule has 2 aromatic carbocycles. The van der Waals surface area contributed by atoms with Gasteiger partial charge < -0.3 is 13.9 Å². The van der Waals surface area contributed by atoms with Crippen LogP contribution in [0, 0.1) is 0 Å². The fraction of sp³-hybridized carbons (Fsp3) is 0.190. The van der Waals surface area contributed by atoms with Crippen LogP contribution < -0.4 is 10.2 Å². The van der Waals surface area contributed by atoms with Crippen molar-refractivity contribution in [1.29, 1.82) is 0 Å². The molecule has 3 aromatic rings. The first-order valence-corrected chi connectivity index (χ1v) is 8.16. The normalized spacial score (nSPS) is 11.4. The van der Waals surface area contributed by atoms with Crippen LogP contribution in [0.3, 0.4) is 0 Å². The second-order valence-corrected chi connectivity index (χ2v) is 5.74. The topological polar surface area (TPSA) is 48.7 Å². The molecule has 4 nitrogen and oxygen atoms in total. The number of benzene rings is 2. The molecule has 0 saturated carbocycles. The lowest BCUT2D eigenvalue weighted by Gasteiger charge is -2.06. The van der Waals surface area contributed by atoms with Crippen molar-refractivity contribution in [2.45, 2.75) is 6.18 Å². The van der Waals surface area contributed by atoms with E-state index in [0.717, 1.165) is 12.1 Å². The van der Waals surface area contributed by atoms with Crippen LogP contribution >= 0.6 is 0 Å². The van der Waals surface area contributed by atoms with Gasteiger partial charge in [-0.25, -0.2) is 0 Å². The molecule has 0 aliphatic carbocycles. The number of methoxy groups -OCH3 is 2. The number of fused-ring (bicyclic) bond motifs is 1. The van der Waals surface area contributed by atoms with E-state index in [2.05, 4.69) is 4.74 Å². The lowest BCUT2D eigenvalue weighted by Crippen LogP contribution is -2.03. The number of rotatable bonds is 3. The monoisotopic (exact) mass is 392 g/mol. The van der Waals surface area contributed by atoms with E-state index in [0.29, 0.717) is 28.0 Å². The van der Waals surface area contributed by atoms with E-state index in [-0.39, 0.29) is 5.43 Å².